The number of aliphatic hydroxyl groups is 1. The van der Waals surface area contributed by atoms with Crippen LogP contribution in [0.15, 0.2) is 30.6 Å². The Morgan fingerprint density at radius 2 is 1.67 bits per heavy atom. The first-order valence-corrected chi connectivity index (χ1v) is 14.3. The fourth-order valence-electron chi connectivity index (χ4n) is 4.69. The Kier molecular flexibility index (Phi) is 8.14. The Morgan fingerprint density at radius 3 is 2.18 bits per heavy atom. The molecule has 0 radical (unpaired) electrons. The first kappa shape index (κ1) is 28.7. The van der Waals surface area contributed by atoms with E-state index in [1.165, 1.54) is 21.1 Å². The van der Waals surface area contributed by atoms with Crippen molar-refractivity contribution in [1.29, 1.82) is 0 Å². The summed E-state index contributed by atoms with van der Waals surface area (Å²) in [6.45, 7) is 8.77. The van der Waals surface area contributed by atoms with E-state index in [0.29, 0.717) is 35.9 Å². The third-order valence-electron chi connectivity index (χ3n) is 6.67. The number of rotatable bonds is 11. The average Bonchev–Trinajstić information content (AvgIpc) is 3.27. The molecule has 1 saturated carbocycles. The number of aryl methyl sites for hydroxylation is 1. The smallest absolute Gasteiger partial charge is 0.243 e. The highest BCUT2D eigenvalue weighted by Crippen LogP contribution is 2.46. The largest absolute Gasteiger partial charge is 0.494 e. The molecule has 212 valence electrons. The molecule has 1 aromatic carbocycles. The second-order valence-electron chi connectivity index (χ2n) is 10.4. The quantitative estimate of drug-likeness (QED) is 0.357. The van der Waals surface area contributed by atoms with Gasteiger partial charge in [0.25, 0.3) is 0 Å². The van der Waals surface area contributed by atoms with Crippen LogP contribution in [0, 0.1) is 6.92 Å². The standard InChI is InChI=1S/C26H36N6O6S/c1-15(2)38-22(23-27-13-16(3)14-28-23)17(4)39(34,35)31-25-30-29-24(18-11-26(5,33)12-18)32(25)21-19(36-6)9-8-10-20(21)37-7/h8-10,13-15,17-18,22,33H,11-12H2,1-7H3,(H,30,31)/t17-,18-,22+,26-/m0/s1. The number of para-hydroxylation sites is 1. The second-order valence-corrected chi connectivity index (χ2v) is 12.4. The van der Waals surface area contributed by atoms with Crippen LogP contribution in [-0.2, 0) is 14.8 Å². The van der Waals surface area contributed by atoms with Gasteiger partial charge in [0.15, 0.2) is 5.82 Å². The fourth-order valence-corrected chi connectivity index (χ4v) is 5.77. The maximum atomic E-state index is 13.8. The van der Waals surface area contributed by atoms with Crippen molar-refractivity contribution in [3.05, 3.63) is 47.8 Å². The number of sulfonamides is 1. The molecule has 0 unspecified atom stereocenters. The predicted octanol–water partition coefficient (Wildman–Crippen LogP) is 3.31. The Hall–Kier alpha value is -3.29. The van der Waals surface area contributed by atoms with Gasteiger partial charge in [-0.1, -0.05) is 6.07 Å². The van der Waals surface area contributed by atoms with Crippen molar-refractivity contribution in [3.8, 4) is 17.2 Å². The van der Waals surface area contributed by atoms with Gasteiger partial charge in [0.05, 0.1) is 25.9 Å². The Morgan fingerprint density at radius 1 is 1.08 bits per heavy atom. The third kappa shape index (κ3) is 5.99. The summed E-state index contributed by atoms with van der Waals surface area (Å²) in [5.41, 5.74) is 0.448. The van der Waals surface area contributed by atoms with Crippen molar-refractivity contribution in [3.63, 3.8) is 0 Å². The van der Waals surface area contributed by atoms with E-state index in [9.17, 15) is 13.5 Å². The normalized spacial score (nSPS) is 20.8. The summed E-state index contributed by atoms with van der Waals surface area (Å²) < 4.78 is 49.0. The Balaban J connectivity index is 1.78. The van der Waals surface area contributed by atoms with E-state index < -0.39 is 27.0 Å². The number of anilines is 1. The lowest BCUT2D eigenvalue weighted by atomic mass is 9.72. The van der Waals surface area contributed by atoms with Gasteiger partial charge in [-0.15, -0.1) is 10.2 Å². The van der Waals surface area contributed by atoms with Crippen LogP contribution in [0.1, 0.15) is 69.8 Å². The summed E-state index contributed by atoms with van der Waals surface area (Å²) in [6.07, 6.45) is 2.91. The first-order valence-electron chi connectivity index (χ1n) is 12.7. The topological polar surface area (TPSA) is 151 Å². The summed E-state index contributed by atoms with van der Waals surface area (Å²) in [7, 11) is -1.10. The molecule has 12 nitrogen and oxygen atoms in total. The molecule has 3 aromatic rings. The van der Waals surface area contributed by atoms with E-state index in [-0.39, 0.29) is 23.8 Å². The number of hydrogen-bond donors (Lipinski definition) is 2. The molecule has 13 heteroatoms. The van der Waals surface area contributed by atoms with Crippen LogP contribution in [0.5, 0.6) is 11.5 Å². The lowest BCUT2D eigenvalue weighted by molar-refractivity contribution is -0.0338. The summed E-state index contributed by atoms with van der Waals surface area (Å²) >= 11 is 0. The van der Waals surface area contributed by atoms with Gasteiger partial charge in [0, 0.05) is 18.3 Å². The van der Waals surface area contributed by atoms with E-state index in [2.05, 4.69) is 24.9 Å². The number of ether oxygens (including phenoxy) is 3. The van der Waals surface area contributed by atoms with Crippen LogP contribution in [0.4, 0.5) is 5.95 Å². The van der Waals surface area contributed by atoms with Crippen LogP contribution in [0.3, 0.4) is 0 Å². The van der Waals surface area contributed by atoms with Gasteiger partial charge < -0.3 is 19.3 Å². The van der Waals surface area contributed by atoms with Crippen LogP contribution in [0.2, 0.25) is 0 Å². The molecular formula is C26H36N6O6S. The van der Waals surface area contributed by atoms with Crippen molar-refractivity contribution in [2.24, 2.45) is 0 Å². The summed E-state index contributed by atoms with van der Waals surface area (Å²) in [5.74, 6) is 1.41. The number of methoxy groups -OCH3 is 2. The van der Waals surface area contributed by atoms with Crippen LogP contribution in [-0.4, -0.2) is 69.4 Å². The van der Waals surface area contributed by atoms with Crippen molar-refractivity contribution in [1.82, 2.24) is 24.7 Å². The third-order valence-corrected chi connectivity index (χ3v) is 8.37. The molecule has 0 bridgehead atoms. The van der Waals surface area contributed by atoms with Gasteiger partial charge in [0.2, 0.25) is 16.0 Å². The van der Waals surface area contributed by atoms with E-state index >= 15 is 0 Å². The molecule has 4 rings (SSSR count). The number of nitrogens with one attached hydrogen (secondary N) is 1. The summed E-state index contributed by atoms with van der Waals surface area (Å²) in [6, 6.07) is 5.24. The van der Waals surface area contributed by atoms with Gasteiger partial charge in [-0.05, 0) is 65.2 Å². The van der Waals surface area contributed by atoms with Crippen LogP contribution < -0.4 is 14.2 Å². The molecule has 0 amide bonds. The first-order chi connectivity index (χ1) is 18.4. The lowest BCUT2D eigenvalue weighted by Crippen LogP contribution is -2.40. The molecule has 0 saturated heterocycles. The molecule has 0 spiro atoms. The van der Waals surface area contributed by atoms with Crippen LogP contribution in [0.25, 0.3) is 5.69 Å². The monoisotopic (exact) mass is 560 g/mol. The molecule has 2 atom stereocenters. The maximum absolute atomic E-state index is 13.8. The number of aromatic nitrogens is 5. The van der Waals surface area contributed by atoms with Crippen molar-refractivity contribution in [2.75, 3.05) is 18.9 Å². The minimum absolute atomic E-state index is 0.0423. The van der Waals surface area contributed by atoms with Gasteiger partial charge in [-0.25, -0.2) is 18.4 Å². The molecule has 2 aromatic heterocycles. The van der Waals surface area contributed by atoms with Crippen molar-refractivity contribution >= 4 is 16.0 Å². The molecule has 1 fully saturated rings. The highest BCUT2D eigenvalue weighted by Gasteiger charge is 2.43. The van der Waals surface area contributed by atoms with Crippen molar-refractivity contribution < 1.29 is 27.7 Å². The second kappa shape index (κ2) is 11.1. The minimum Gasteiger partial charge on any atom is -0.494 e. The van der Waals surface area contributed by atoms with Gasteiger partial charge in [0.1, 0.15) is 34.4 Å². The SMILES string of the molecule is COc1cccc(OC)c1-n1c(NS(=O)(=O)[C@@H](C)[C@@H](OC(C)C)c2ncc(C)cn2)nnc1[C@H]1C[C@](C)(O)C1. The maximum Gasteiger partial charge on any atom is 0.243 e. The summed E-state index contributed by atoms with van der Waals surface area (Å²) in [5, 5.41) is 17.9. The molecule has 39 heavy (non-hydrogen) atoms. The molecular weight excluding hydrogens is 524 g/mol. The number of nitrogens with zero attached hydrogens (tertiary/aromatic N) is 5. The fraction of sp³-hybridized carbons (Fsp3) is 0.538. The predicted molar refractivity (Wildman–Crippen MR) is 145 cm³/mol. The van der Waals surface area contributed by atoms with Crippen molar-refractivity contribution in [2.45, 2.75) is 76.4 Å². The molecule has 1 aliphatic carbocycles. The number of benzene rings is 1. The Bertz CT molecular complexity index is 1380. The van der Waals surface area contributed by atoms with E-state index in [0.717, 1.165) is 5.56 Å². The Labute approximate surface area is 228 Å². The zero-order chi connectivity index (χ0) is 28.5. The highest BCUT2D eigenvalue weighted by atomic mass is 32.2. The average molecular weight is 561 g/mol. The molecule has 2 N–H and O–H groups in total. The minimum atomic E-state index is -4.12. The highest BCUT2D eigenvalue weighted by molar-refractivity contribution is 7.93. The van der Waals surface area contributed by atoms with Gasteiger partial charge in [-0.3, -0.25) is 9.29 Å². The van der Waals surface area contributed by atoms with E-state index in [1.807, 2.05) is 20.8 Å². The lowest BCUT2D eigenvalue weighted by Gasteiger charge is -2.40. The van der Waals surface area contributed by atoms with E-state index in [1.54, 1.807) is 42.1 Å². The zero-order valence-electron chi connectivity index (χ0n) is 23.2. The molecule has 0 aliphatic heterocycles. The summed E-state index contributed by atoms with van der Waals surface area (Å²) in [4.78, 5) is 8.65. The van der Waals surface area contributed by atoms with Crippen LogP contribution >= 0.6 is 0 Å². The zero-order valence-corrected chi connectivity index (χ0v) is 24.1. The molecule has 1 aliphatic rings. The van der Waals surface area contributed by atoms with Gasteiger partial charge >= 0.3 is 0 Å². The van der Waals surface area contributed by atoms with Gasteiger partial charge in [-0.2, -0.15) is 0 Å². The number of hydrogen-bond acceptors (Lipinski definition) is 10. The molecule has 2 heterocycles. The van der Waals surface area contributed by atoms with E-state index in [4.69, 9.17) is 14.2 Å².